The number of nitrogens with two attached hydrogens (primary N) is 1. The molecule has 0 spiro atoms. The molecular formula is C16H13F3N2O. The lowest BCUT2D eigenvalue weighted by molar-refractivity contribution is -0.137. The minimum absolute atomic E-state index is 0.0173. The summed E-state index contributed by atoms with van der Waals surface area (Å²) in [6, 6.07) is 9.78. The van der Waals surface area contributed by atoms with Gasteiger partial charge in [0.05, 0.1) is 5.56 Å². The van der Waals surface area contributed by atoms with Crippen LogP contribution in [0.4, 0.5) is 24.5 Å². The Morgan fingerprint density at radius 2 is 1.82 bits per heavy atom. The maximum atomic E-state index is 13.2. The SMILES string of the molecule is C=CC(=O)Nc1ccccc1-c1ccc(N)cc1C(F)(F)F. The molecule has 3 nitrogen and oxygen atoms in total. The number of para-hydroxylation sites is 1. The molecule has 22 heavy (non-hydrogen) atoms. The summed E-state index contributed by atoms with van der Waals surface area (Å²) < 4.78 is 39.6. The first kappa shape index (κ1) is 15.6. The van der Waals surface area contributed by atoms with Crippen LogP contribution in [0.2, 0.25) is 0 Å². The summed E-state index contributed by atoms with van der Waals surface area (Å²) in [4.78, 5) is 11.4. The van der Waals surface area contributed by atoms with E-state index >= 15 is 0 Å². The van der Waals surface area contributed by atoms with E-state index in [-0.39, 0.29) is 22.5 Å². The molecule has 0 aromatic heterocycles. The lowest BCUT2D eigenvalue weighted by Crippen LogP contribution is -2.11. The highest BCUT2D eigenvalue weighted by atomic mass is 19.4. The molecule has 0 fully saturated rings. The van der Waals surface area contributed by atoms with Crippen LogP contribution in [0.15, 0.2) is 55.1 Å². The summed E-state index contributed by atoms with van der Waals surface area (Å²) in [5.41, 5.74) is 5.09. The number of hydrogen-bond acceptors (Lipinski definition) is 2. The maximum absolute atomic E-state index is 13.2. The van der Waals surface area contributed by atoms with Crippen LogP contribution < -0.4 is 11.1 Å². The zero-order valence-corrected chi connectivity index (χ0v) is 11.4. The minimum Gasteiger partial charge on any atom is -0.399 e. The van der Waals surface area contributed by atoms with Gasteiger partial charge in [0.1, 0.15) is 0 Å². The molecule has 3 N–H and O–H groups in total. The topological polar surface area (TPSA) is 55.1 Å². The number of benzene rings is 2. The number of anilines is 2. The zero-order chi connectivity index (χ0) is 16.3. The third-order valence-electron chi connectivity index (χ3n) is 3.01. The molecule has 0 heterocycles. The van der Waals surface area contributed by atoms with Crippen LogP contribution in [0.1, 0.15) is 5.56 Å². The molecule has 0 bridgehead atoms. The molecule has 2 aromatic rings. The molecule has 6 heteroatoms. The molecule has 0 unspecified atom stereocenters. The second-order valence-electron chi connectivity index (χ2n) is 4.54. The predicted octanol–water partition coefficient (Wildman–Crippen LogP) is 4.08. The van der Waals surface area contributed by atoms with Crippen LogP contribution in [-0.2, 0) is 11.0 Å². The van der Waals surface area contributed by atoms with Crippen molar-refractivity contribution in [2.75, 3.05) is 11.1 Å². The average Bonchev–Trinajstić information content (AvgIpc) is 2.47. The van der Waals surface area contributed by atoms with Gasteiger partial charge in [0.25, 0.3) is 0 Å². The monoisotopic (exact) mass is 306 g/mol. The van der Waals surface area contributed by atoms with Crippen molar-refractivity contribution in [1.82, 2.24) is 0 Å². The van der Waals surface area contributed by atoms with Gasteiger partial charge < -0.3 is 11.1 Å². The van der Waals surface area contributed by atoms with Crippen molar-refractivity contribution in [2.24, 2.45) is 0 Å². The highest BCUT2D eigenvalue weighted by molar-refractivity contribution is 6.02. The maximum Gasteiger partial charge on any atom is 0.417 e. The Morgan fingerprint density at radius 1 is 1.14 bits per heavy atom. The van der Waals surface area contributed by atoms with Crippen LogP contribution in [0.5, 0.6) is 0 Å². The minimum atomic E-state index is -4.56. The van der Waals surface area contributed by atoms with Gasteiger partial charge in [-0.05, 0) is 29.8 Å². The van der Waals surface area contributed by atoms with Crippen molar-refractivity contribution in [3.63, 3.8) is 0 Å². The molecule has 0 saturated carbocycles. The van der Waals surface area contributed by atoms with Crippen LogP contribution in [0.25, 0.3) is 11.1 Å². The van der Waals surface area contributed by atoms with Crippen LogP contribution in [0.3, 0.4) is 0 Å². The Bertz CT molecular complexity index is 724. The summed E-state index contributed by atoms with van der Waals surface area (Å²) >= 11 is 0. The third kappa shape index (κ3) is 3.28. The Morgan fingerprint density at radius 3 is 2.45 bits per heavy atom. The molecule has 2 aromatic carbocycles. The number of halogens is 3. The van der Waals surface area contributed by atoms with Crippen LogP contribution in [0, 0.1) is 0 Å². The molecule has 0 saturated heterocycles. The predicted molar refractivity (Wildman–Crippen MR) is 80.1 cm³/mol. The standard InChI is InChI=1S/C16H13F3N2O/c1-2-15(22)21-14-6-4-3-5-12(14)11-8-7-10(20)9-13(11)16(17,18)19/h2-9H,1,20H2,(H,21,22). The quantitative estimate of drug-likeness (QED) is 0.663. The molecule has 0 aliphatic rings. The van der Waals surface area contributed by atoms with Gasteiger partial charge >= 0.3 is 6.18 Å². The second kappa shape index (κ2) is 5.93. The molecule has 1 amide bonds. The van der Waals surface area contributed by atoms with Crippen molar-refractivity contribution >= 4 is 17.3 Å². The number of carbonyl (C=O) groups is 1. The molecule has 2 rings (SSSR count). The molecular weight excluding hydrogens is 293 g/mol. The number of carbonyl (C=O) groups excluding carboxylic acids is 1. The Balaban J connectivity index is 2.62. The van der Waals surface area contributed by atoms with Crippen molar-refractivity contribution in [3.8, 4) is 11.1 Å². The number of nitrogens with one attached hydrogen (secondary N) is 1. The van der Waals surface area contributed by atoms with Crippen LogP contribution >= 0.6 is 0 Å². The van der Waals surface area contributed by atoms with E-state index in [4.69, 9.17) is 5.73 Å². The third-order valence-corrected chi connectivity index (χ3v) is 3.01. The average molecular weight is 306 g/mol. The molecule has 0 aliphatic heterocycles. The smallest absolute Gasteiger partial charge is 0.399 e. The number of nitrogen functional groups attached to an aromatic ring is 1. The first-order valence-corrected chi connectivity index (χ1v) is 6.32. The largest absolute Gasteiger partial charge is 0.417 e. The highest BCUT2D eigenvalue weighted by Gasteiger charge is 2.34. The fraction of sp³-hybridized carbons (Fsp3) is 0.0625. The van der Waals surface area contributed by atoms with Crippen LogP contribution in [-0.4, -0.2) is 5.91 Å². The van der Waals surface area contributed by atoms with Crippen molar-refractivity contribution < 1.29 is 18.0 Å². The normalized spacial score (nSPS) is 11.0. The van der Waals surface area contributed by atoms with E-state index in [9.17, 15) is 18.0 Å². The van der Waals surface area contributed by atoms with Crippen molar-refractivity contribution in [2.45, 2.75) is 6.18 Å². The summed E-state index contributed by atoms with van der Waals surface area (Å²) in [5.74, 6) is -0.503. The van der Waals surface area contributed by atoms with Gasteiger partial charge in [-0.25, -0.2) is 0 Å². The van der Waals surface area contributed by atoms with E-state index in [0.717, 1.165) is 12.1 Å². The van der Waals surface area contributed by atoms with E-state index < -0.39 is 17.6 Å². The van der Waals surface area contributed by atoms with E-state index in [2.05, 4.69) is 11.9 Å². The van der Waals surface area contributed by atoms with E-state index in [1.54, 1.807) is 12.1 Å². The fourth-order valence-corrected chi connectivity index (χ4v) is 2.04. The molecule has 114 valence electrons. The number of amides is 1. The van der Waals surface area contributed by atoms with E-state index in [1.165, 1.54) is 24.3 Å². The van der Waals surface area contributed by atoms with Gasteiger partial charge in [0.15, 0.2) is 0 Å². The fourth-order valence-electron chi connectivity index (χ4n) is 2.04. The van der Waals surface area contributed by atoms with E-state index in [1.807, 2.05) is 0 Å². The highest BCUT2D eigenvalue weighted by Crippen LogP contribution is 2.40. The molecule has 0 aliphatic carbocycles. The van der Waals surface area contributed by atoms with Gasteiger partial charge in [0.2, 0.25) is 5.91 Å². The number of rotatable bonds is 3. The summed E-state index contributed by atoms with van der Waals surface area (Å²) in [5, 5.41) is 2.50. The van der Waals surface area contributed by atoms with Crippen molar-refractivity contribution in [1.29, 1.82) is 0 Å². The summed E-state index contributed by atoms with van der Waals surface area (Å²) in [6.07, 6.45) is -3.51. The lowest BCUT2D eigenvalue weighted by atomic mass is 9.97. The Labute approximate surface area is 125 Å². The van der Waals surface area contributed by atoms with Gasteiger partial charge in [-0.3, -0.25) is 4.79 Å². The zero-order valence-electron chi connectivity index (χ0n) is 11.4. The van der Waals surface area contributed by atoms with Crippen molar-refractivity contribution in [3.05, 3.63) is 60.7 Å². The number of alkyl halides is 3. The van der Waals surface area contributed by atoms with Gasteiger partial charge in [-0.15, -0.1) is 0 Å². The number of hydrogen-bond donors (Lipinski definition) is 2. The molecule has 0 radical (unpaired) electrons. The van der Waals surface area contributed by atoms with E-state index in [0.29, 0.717) is 0 Å². The lowest BCUT2D eigenvalue weighted by Gasteiger charge is -2.16. The first-order valence-electron chi connectivity index (χ1n) is 6.32. The Hall–Kier alpha value is -2.76. The van der Waals surface area contributed by atoms with Gasteiger partial charge in [0, 0.05) is 16.9 Å². The summed E-state index contributed by atoms with van der Waals surface area (Å²) in [7, 11) is 0. The first-order chi connectivity index (χ1) is 10.3. The Kier molecular flexibility index (Phi) is 4.21. The second-order valence-corrected chi connectivity index (χ2v) is 4.54. The molecule has 0 atom stereocenters. The van der Waals surface area contributed by atoms with Gasteiger partial charge in [-0.2, -0.15) is 13.2 Å². The van der Waals surface area contributed by atoms with Gasteiger partial charge in [-0.1, -0.05) is 30.8 Å². The summed E-state index contributed by atoms with van der Waals surface area (Å²) in [6.45, 7) is 3.32.